The lowest BCUT2D eigenvalue weighted by molar-refractivity contribution is 0.0575. The highest BCUT2D eigenvalue weighted by atomic mass is 16.5. The van der Waals surface area contributed by atoms with Crippen LogP contribution in [0.5, 0.6) is 0 Å². The molecule has 0 fully saturated rings. The largest absolute Gasteiger partial charge is 0.379 e. The Bertz CT molecular complexity index is 199. The van der Waals surface area contributed by atoms with Crippen LogP contribution >= 0.6 is 0 Å². The second kappa shape index (κ2) is 11.0. The van der Waals surface area contributed by atoms with Crippen LogP contribution in [0.15, 0.2) is 0 Å². The summed E-state index contributed by atoms with van der Waals surface area (Å²) in [5.74, 6) is 7.22. The second-order valence-corrected chi connectivity index (χ2v) is 4.68. The van der Waals surface area contributed by atoms with E-state index in [-0.39, 0.29) is 0 Å². The van der Waals surface area contributed by atoms with Gasteiger partial charge in [0.2, 0.25) is 0 Å². The fourth-order valence-electron chi connectivity index (χ4n) is 1.18. The zero-order chi connectivity index (χ0) is 12.2. The van der Waals surface area contributed by atoms with Gasteiger partial charge in [-0.05, 0) is 18.8 Å². The van der Waals surface area contributed by atoms with Crippen LogP contribution in [0.25, 0.3) is 0 Å². The van der Waals surface area contributed by atoms with Gasteiger partial charge in [-0.3, -0.25) is 0 Å². The normalized spacial score (nSPS) is 10.6. The van der Waals surface area contributed by atoms with Crippen molar-refractivity contribution in [3.63, 3.8) is 0 Å². The van der Waals surface area contributed by atoms with E-state index in [1.807, 2.05) is 0 Å². The first kappa shape index (κ1) is 15.5. The quantitative estimate of drug-likeness (QED) is 0.467. The standard InChI is InChI=1S/C14H26O2/c1-13(2)7-5-9-15-11-12-16-10-6-8-14(3)4/h13-14H,5,7,9-12H2,1-4H3. The fourth-order valence-corrected chi connectivity index (χ4v) is 1.18. The Morgan fingerprint density at radius 1 is 0.938 bits per heavy atom. The average Bonchev–Trinajstić information content (AvgIpc) is 2.20. The molecule has 0 N–H and O–H groups in total. The van der Waals surface area contributed by atoms with E-state index < -0.39 is 0 Å². The molecule has 0 rings (SSSR count). The maximum absolute atomic E-state index is 5.44. The van der Waals surface area contributed by atoms with E-state index in [0.717, 1.165) is 18.9 Å². The van der Waals surface area contributed by atoms with Gasteiger partial charge in [0.05, 0.1) is 13.2 Å². The lowest BCUT2D eigenvalue weighted by atomic mass is 10.1. The number of rotatable bonds is 8. The van der Waals surface area contributed by atoms with Crippen molar-refractivity contribution in [3.8, 4) is 11.8 Å². The van der Waals surface area contributed by atoms with Crippen molar-refractivity contribution < 1.29 is 9.47 Å². The topological polar surface area (TPSA) is 18.5 Å². The molecule has 0 aromatic carbocycles. The summed E-state index contributed by atoms with van der Waals surface area (Å²) in [6.07, 6.45) is 2.38. The molecular formula is C14H26O2. The molecule has 0 saturated carbocycles. The van der Waals surface area contributed by atoms with Crippen LogP contribution in [0.2, 0.25) is 0 Å². The molecule has 2 nitrogen and oxygen atoms in total. The molecule has 0 aromatic heterocycles. The van der Waals surface area contributed by atoms with Gasteiger partial charge >= 0.3 is 0 Å². The van der Waals surface area contributed by atoms with Crippen LogP contribution in [-0.2, 0) is 9.47 Å². The van der Waals surface area contributed by atoms with Gasteiger partial charge in [0.25, 0.3) is 0 Å². The summed E-state index contributed by atoms with van der Waals surface area (Å²) in [7, 11) is 0. The summed E-state index contributed by atoms with van der Waals surface area (Å²) in [4.78, 5) is 0. The second-order valence-electron chi connectivity index (χ2n) is 4.68. The molecule has 0 amide bonds. The Hall–Kier alpha value is -0.520. The molecule has 0 aliphatic rings. The number of ether oxygens (including phenoxy) is 2. The van der Waals surface area contributed by atoms with E-state index in [2.05, 4.69) is 39.5 Å². The van der Waals surface area contributed by atoms with Crippen LogP contribution in [0.1, 0.15) is 40.5 Å². The molecule has 0 unspecified atom stereocenters. The van der Waals surface area contributed by atoms with E-state index in [4.69, 9.17) is 9.47 Å². The zero-order valence-electron chi connectivity index (χ0n) is 11.2. The van der Waals surface area contributed by atoms with Crippen molar-refractivity contribution in [2.24, 2.45) is 11.8 Å². The molecule has 0 saturated heterocycles. The molecule has 94 valence electrons. The summed E-state index contributed by atoms with van der Waals surface area (Å²) in [6.45, 7) is 11.3. The first-order chi connectivity index (χ1) is 7.63. The van der Waals surface area contributed by atoms with Crippen molar-refractivity contribution in [1.82, 2.24) is 0 Å². The highest BCUT2D eigenvalue weighted by Crippen LogP contribution is 2.02. The highest BCUT2D eigenvalue weighted by molar-refractivity contribution is 5.01. The molecule has 2 heteroatoms. The Kier molecular flexibility index (Phi) is 10.6. The van der Waals surface area contributed by atoms with E-state index >= 15 is 0 Å². The van der Waals surface area contributed by atoms with Gasteiger partial charge < -0.3 is 9.47 Å². The maximum atomic E-state index is 5.44. The Balaban J connectivity index is 3.08. The SMILES string of the molecule is CC(C)C#CCOCCOCCCC(C)C. The monoisotopic (exact) mass is 226 g/mol. The minimum Gasteiger partial charge on any atom is -0.379 e. The van der Waals surface area contributed by atoms with E-state index in [0.29, 0.717) is 25.7 Å². The van der Waals surface area contributed by atoms with Gasteiger partial charge in [0.1, 0.15) is 6.61 Å². The van der Waals surface area contributed by atoms with E-state index in [9.17, 15) is 0 Å². The fraction of sp³-hybridized carbons (Fsp3) is 0.857. The van der Waals surface area contributed by atoms with Crippen LogP contribution in [0, 0.1) is 23.7 Å². The van der Waals surface area contributed by atoms with Crippen molar-refractivity contribution in [3.05, 3.63) is 0 Å². The molecule has 0 aromatic rings. The molecule has 0 spiro atoms. The van der Waals surface area contributed by atoms with Crippen molar-refractivity contribution in [1.29, 1.82) is 0 Å². The third-order valence-electron chi connectivity index (χ3n) is 2.01. The predicted octanol–water partition coefficient (Wildman–Crippen LogP) is 3.12. The van der Waals surface area contributed by atoms with Crippen molar-refractivity contribution >= 4 is 0 Å². The molecule has 0 aliphatic heterocycles. The molecule has 0 aliphatic carbocycles. The van der Waals surface area contributed by atoms with E-state index in [1.165, 1.54) is 6.42 Å². The first-order valence-corrected chi connectivity index (χ1v) is 6.26. The van der Waals surface area contributed by atoms with Gasteiger partial charge in [0, 0.05) is 12.5 Å². The maximum Gasteiger partial charge on any atom is 0.107 e. The number of hydrogen-bond acceptors (Lipinski definition) is 2. The summed E-state index contributed by atoms with van der Waals surface area (Å²) in [5.41, 5.74) is 0. The first-order valence-electron chi connectivity index (χ1n) is 6.26. The minimum absolute atomic E-state index is 0.427. The third-order valence-corrected chi connectivity index (χ3v) is 2.01. The Morgan fingerprint density at radius 2 is 1.62 bits per heavy atom. The average molecular weight is 226 g/mol. The lowest BCUT2D eigenvalue weighted by Crippen LogP contribution is -2.06. The summed E-state index contributed by atoms with van der Waals surface area (Å²) < 4.78 is 10.8. The predicted molar refractivity (Wildman–Crippen MR) is 68.3 cm³/mol. The van der Waals surface area contributed by atoms with Crippen LogP contribution in [0.3, 0.4) is 0 Å². The molecular weight excluding hydrogens is 200 g/mol. The number of hydrogen-bond donors (Lipinski definition) is 0. The molecule has 0 atom stereocenters. The van der Waals surface area contributed by atoms with Gasteiger partial charge in [0.15, 0.2) is 0 Å². The molecule has 0 radical (unpaired) electrons. The Morgan fingerprint density at radius 3 is 2.25 bits per heavy atom. The third kappa shape index (κ3) is 13.5. The summed E-state index contributed by atoms with van der Waals surface area (Å²) in [5, 5.41) is 0. The van der Waals surface area contributed by atoms with Crippen molar-refractivity contribution in [2.45, 2.75) is 40.5 Å². The molecule has 0 bridgehead atoms. The van der Waals surface area contributed by atoms with Crippen LogP contribution in [0.4, 0.5) is 0 Å². The van der Waals surface area contributed by atoms with Crippen LogP contribution < -0.4 is 0 Å². The van der Waals surface area contributed by atoms with Crippen LogP contribution in [-0.4, -0.2) is 26.4 Å². The minimum atomic E-state index is 0.427. The lowest BCUT2D eigenvalue weighted by Gasteiger charge is -2.05. The highest BCUT2D eigenvalue weighted by Gasteiger charge is 1.94. The van der Waals surface area contributed by atoms with Gasteiger partial charge in [-0.15, -0.1) is 0 Å². The smallest absolute Gasteiger partial charge is 0.107 e. The molecule has 0 heterocycles. The summed E-state index contributed by atoms with van der Waals surface area (Å²) >= 11 is 0. The van der Waals surface area contributed by atoms with Gasteiger partial charge in [-0.1, -0.05) is 39.5 Å². The van der Waals surface area contributed by atoms with Crippen molar-refractivity contribution in [2.75, 3.05) is 26.4 Å². The van der Waals surface area contributed by atoms with E-state index in [1.54, 1.807) is 0 Å². The zero-order valence-corrected chi connectivity index (χ0v) is 11.2. The Labute approximate surface area is 101 Å². The van der Waals surface area contributed by atoms with Gasteiger partial charge in [-0.2, -0.15) is 0 Å². The summed E-state index contributed by atoms with van der Waals surface area (Å²) in [6, 6.07) is 0. The molecule has 16 heavy (non-hydrogen) atoms. The van der Waals surface area contributed by atoms with Gasteiger partial charge in [-0.25, -0.2) is 0 Å².